The number of amides is 1. The topological polar surface area (TPSA) is 98.7 Å². The first-order chi connectivity index (χ1) is 10.2. The third-order valence-corrected chi connectivity index (χ3v) is 3.28. The van der Waals surface area contributed by atoms with Crippen LogP contribution in [0.15, 0.2) is 24.3 Å². The molecule has 1 unspecified atom stereocenters. The van der Waals surface area contributed by atoms with E-state index in [1.54, 1.807) is 4.68 Å². The highest BCUT2D eigenvalue weighted by Crippen LogP contribution is 2.16. The number of aromatic nitrogens is 4. The van der Waals surface area contributed by atoms with E-state index in [-0.39, 0.29) is 11.8 Å². The van der Waals surface area contributed by atoms with Gasteiger partial charge in [0.05, 0.1) is 11.6 Å². The third-order valence-electron chi connectivity index (χ3n) is 3.28. The van der Waals surface area contributed by atoms with Crippen LogP contribution < -0.4 is 11.1 Å². The molecule has 2 aromatic rings. The Morgan fingerprint density at radius 1 is 1.48 bits per heavy atom. The number of carbonyl (C=O) groups is 1. The number of anilines is 1. The molecule has 2 rings (SSSR count). The Balaban J connectivity index is 2.15. The Labute approximate surface area is 123 Å². The number of hydrogen-bond acceptors (Lipinski definition) is 5. The second-order valence-corrected chi connectivity index (χ2v) is 4.90. The molecule has 1 aromatic heterocycles. The third kappa shape index (κ3) is 3.63. The predicted molar refractivity (Wildman–Crippen MR) is 80.0 cm³/mol. The smallest absolute Gasteiger partial charge is 0.228 e. The molecule has 0 aliphatic heterocycles. The van der Waals surface area contributed by atoms with Crippen LogP contribution in [0.2, 0.25) is 0 Å². The van der Waals surface area contributed by atoms with Gasteiger partial charge in [-0.2, -0.15) is 4.68 Å². The first-order valence-corrected chi connectivity index (χ1v) is 7.02. The Bertz CT molecular complexity index is 609. The quantitative estimate of drug-likeness (QED) is 0.834. The fourth-order valence-electron chi connectivity index (χ4n) is 2.13. The van der Waals surface area contributed by atoms with Crippen LogP contribution in [0.5, 0.6) is 0 Å². The van der Waals surface area contributed by atoms with E-state index in [9.17, 15) is 4.79 Å². The number of tetrazole rings is 1. The second kappa shape index (κ2) is 6.94. The number of benzene rings is 1. The fraction of sp³-hybridized carbons (Fsp3) is 0.429. The lowest BCUT2D eigenvalue weighted by atomic mass is 10.0. The van der Waals surface area contributed by atoms with Crippen LogP contribution in [-0.2, 0) is 4.79 Å². The molecule has 0 bridgehead atoms. The maximum Gasteiger partial charge on any atom is 0.228 e. The van der Waals surface area contributed by atoms with E-state index in [0.717, 1.165) is 18.5 Å². The lowest BCUT2D eigenvalue weighted by molar-refractivity contribution is -0.119. The zero-order valence-corrected chi connectivity index (χ0v) is 12.3. The van der Waals surface area contributed by atoms with Crippen molar-refractivity contribution in [3.05, 3.63) is 30.1 Å². The van der Waals surface area contributed by atoms with Gasteiger partial charge >= 0.3 is 0 Å². The first kappa shape index (κ1) is 15.1. The van der Waals surface area contributed by atoms with E-state index in [2.05, 4.69) is 20.8 Å². The van der Waals surface area contributed by atoms with E-state index >= 15 is 0 Å². The van der Waals surface area contributed by atoms with Gasteiger partial charge in [0.25, 0.3) is 0 Å². The molecule has 0 saturated carbocycles. The second-order valence-electron chi connectivity index (χ2n) is 4.90. The number of rotatable bonds is 6. The zero-order chi connectivity index (χ0) is 15.2. The van der Waals surface area contributed by atoms with Crippen molar-refractivity contribution in [2.24, 2.45) is 11.7 Å². The van der Waals surface area contributed by atoms with Crippen molar-refractivity contribution >= 4 is 11.6 Å². The number of aryl methyl sites for hydroxylation is 1. The molecule has 0 aliphatic rings. The Morgan fingerprint density at radius 3 is 2.90 bits per heavy atom. The molecule has 7 heteroatoms. The molecule has 0 saturated heterocycles. The van der Waals surface area contributed by atoms with E-state index < -0.39 is 0 Å². The van der Waals surface area contributed by atoms with Gasteiger partial charge in [-0.1, -0.05) is 19.4 Å². The largest absolute Gasteiger partial charge is 0.330 e. The minimum atomic E-state index is -0.159. The van der Waals surface area contributed by atoms with Crippen molar-refractivity contribution in [3.63, 3.8) is 0 Å². The maximum atomic E-state index is 12.2. The fourth-order valence-corrected chi connectivity index (χ4v) is 2.13. The van der Waals surface area contributed by atoms with E-state index in [1.165, 1.54) is 0 Å². The summed E-state index contributed by atoms with van der Waals surface area (Å²) in [5.41, 5.74) is 7.16. The van der Waals surface area contributed by atoms with Gasteiger partial charge in [0, 0.05) is 12.2 Å². The normalized spacial score (nSPS) is 12.1. The minimum Gasteiger partial charge on any atom is -0.330 e. The summed E-state index contributed by atoms with van der Waals surface area (Å²) in [6.45, 7) is 4.21. The number of nitrogens with zero attached hydrogens (tertiary/aromatic N) is 4. The van der Waals surface area contributed by atoms with Crippen molar-refractivity contribution in [1.82, 2.24) is 20.2 Å². The first-order valence-electron chi connectivity index (χ1n) is 7.02. The monoisotopic (exact) mass is 288 g/mol. The lowest BCUT2D eigenvalue weighted by Gasteiger charge is -2.14. The Hall–Kier alpha value is -2.28. The average molecular weight is 288 g/mol. The molecule has 0 aliphatic carbocycles. The maximum absolute atomic E-state index is 12.2. The molecule has 1 amide bonds. The molecule has 1 heterocycles. The van der Waals surface area contributed by atoms with E-state index in [1.807, 2.05) is 38.1 Å². The van der Waals surface area contributed by atoms with Crippen molar-refractivity contribution in [2.45, 2.75) is 26.7 Å². The predicted octanol–water partition coefficient (Wildman–Crippen LogP) is 1.28. The van der Waals surface area contributed by atoms with Crippen molar-refractivity contribution in [3.8, 4) is 5.69 Å². The Kier molecular flexibility index (Phi) is 4.99. The van der Waals surface area contributed by atoms with Crippen LogP contribution in [0.25, 0.3) is 5.69 Å². The van der Waals surface area contributed by atoms with E-state index in [4.69, 9.17) is 5.73 Å². The summed E-state index contributed by atoms with van der Waals surface area (Å²) >= 11 is 0. The van der Waals surface area contributed by atoms with Crippen molar-refractivity contribution in [1.29, 1.82) is 0 Å². The van der Waals surface area contributed by atoms with Crippen LogP contribution in [-0.4, -0.2) is 32.7 Å². The molecule has 0 radical (unpaired) electrons. The number of nitrogens with two attached hydrogens (primary N) is 1. The minimum absolute atomic E-state index is 0.0510. The van der Waals surface area contributed by atoms with Crippen LogP contribution >= 0.6 is 0 Å². The van der Waals surface area contributed by atoms with Gasteiger partial charge in [-0.25, -0.2) is 0 Å². The van der Waals surface area contributed by atoms with Gasteiger partial charge in [-0.3, -0.25) is 4.79 Å². The molecular formula is C14H20N6O. The molecule has 7 nitrogen and oxygen atoms in total. The van der Waals surface area contributed by atoms with Gasteiger partial charge in [0.1, 0.15) is 0 Å². The molecule has 1 aromatic carbocycles. The van der Waals surface area contributed by atoms with Crippen LogP contribution in [0.4, 0.5) is 5.69 Å². The summed E-state index contributed by atoms with van der Waals surface area (Å²) < 4.78 is 1.61. The molecule has 3 N–H and O–H groups in total. The summed E-state index contributed by atoms with van der Waals surface area (Å²) in [5.74, 6) is 0.475. The van der Waals surface area contributed by atoms with Gasteiger partial charge in [0.15, 0.2) is 5.82 Å². The summed E-state index contributed by atoms with van der Waals surface area (Å²) in [6.07, 6.45) is 1.72. The molecule has 112 valence electrons. The highest BCUT2D eigenvalue weighted by atomic mass is 16.1. The average Bonchev–Trinajstić information content (AvgIpc) is 2.91. The summed E-state index contributed by atoms with van der Waals surface area (Å²) in [5, 5.41) is 14.3. The number of carbonyl (C=O) groups excluding carboxylic acids is 1. The molecule has 21 heavy (non-hydrogen) atoms. The van der Waals surface area contributed by atoms with Crippen LogP contribution in [0.1, 0.15) is 25.6 Å². The van der Waals surface area contributed by atoms with Gasteiger partial charge in [-0.05, 0) is 42.0 Å². The van der Waals surface area contributed by atoms with Crippen molar-refractivity contribution < 1.29 is 4.79 Å². The molecule has 1 atom stereocenters. The zero-order valence-electron chi connectivity index (χ0n) is 12.3. The lowest BCUT2D eigenvalue weighted by Crippen LogP contribution is -2.29. The van der Waals surface area contributed by atoms with E-state index in [0.29, 0.717) is 18.1 Å². The SMILES string of the molecule is CCCC(CN)C(=O)Nc1cccc(-n2nnnc2C)c1. The van der Waals surface area contributed by atoms with Gasteiger partial charge < -0.3 is 11.1 Å². The number of nitrogens with one attached hydrogen (secondary N) is 1. The summed E-state index contributed by atoms with van der Waals surface area (Å²) in [4.78, 5) is 12.2. The highest BCUT2D eigenvalue weighted by Gasteiger charge is 2.16. The summed E-state index contributed by atoms with van der Waals surface area (Å²) in [6, 6.07) is 7.40. The van der Waals surface area contributed by atoms with Crippen LogP contribution in [0, 0.1) is 12.8 Å². The molecular weight excluding hydrogens is 268 g/mol. The highest BCUT2D eigenvalue weighted by molar-refractivity contribution is 5.92. The van der Waals surface area contributed by atoms with Crippen molar-refractivity contribution in [2.75, 3.05) is 11.9 Å². The molecule has 0 spiro atoms. The van der Waals surface area contributed by atoms with Gasteiger partial charge in [0.2, 0.25) is 5.91 Å². The Morgan fingerprint density at radius 2 is 2.29 bits per heavy atom. The van der Waals surface area contributed by atoms with Gasteiger partial charge in [-0.15, -0.1) is 5.10 Å². The standard InChI is InChI=1S/C14H20N6O/c1-3-5-11(9-15)14(21)16-12-6-4-7-13(8-12)20-10(2)17-18-19-20/h4,6-8,11H,3,5,9,15H2,1-2H3,(H,16,21). The summed E-state index contributed by atoms with van der Waals surface area (Å²) in [7, 11) is 0. The van der Waals surface area contributed by atoms with Crippen LogP contribution in [0.3, 0.4) is 0 Å². The molecule has 0 fully saturated rings. The number of hydrogen-bond donors (Lipinski definition) is 2.